The first-order valence-electron chi connectivity index (χ1n) is 12.3. The largest absolute Gasteiger partial charge is 1.00 e. The second-order valence-electron chi connectivity index (χ2n) is 10.5. The summed E-state index contributed by atoms with van der Waals surface area (Å²) in [7, 11) is 0. The summed E-state index contributed by atoms with van der Waals surface area (Å²) in [6, 6.07) is 7.11. The predicted molar refractivity (Wildman–Crippen MR) is 138 cm³/mol. The Kier molecular flexibility index (Phi) is 9.13. The van der Waals surface area contributed by atoms with Crippen LogP contribution in [0.3, 0.4) is 0 Å². The molecule has 0 unspecified atom stereocenters. The quantitative estimate of drug-likeness (QED) is 0.451. The van der Waals surface area contributed by atoms with Crippen molar-refractivity contribution in [1.29, 1.82) is 0 Å². The molecule has 0 fully saturated rings. The van der Waals surface area contributed by atoms with E-state index >= 15 is 0 Å². The smallest absolute Gasteiger partial charge is 0.335 e. The molecule has 3 rings (SSSR count). The van der Waals surface area contributed by atoms with Crippen molar-refractivity contribution in [1.82, 2.24) is 4.57 Å². The molecule has 0 amide bonds. The minimum Gasteiger partial charge on any atom is -1.00 e. The number of hydrogen-bond acceptors (Lipinski definition) is 2. The van der Waals surface area contributed by atoms with Gasteiger partial charge < -0.3 is 22.6 Å². The molecule has 0 atom stereocenters. The molecule has 0 radical (unpaired) electrons. The van der Waals surface area contributed by atoms with Gasteiger partial charge in [0, 0.05) is 22.3 Å². The average molecular weight is 513 g/mol. The topological polar surface area (TPSA) is 83.4 Å². The SMILES string of the molecule is CC(C)c1cc(C(=O)O)cc(C(C)C)c1-n1cc[n+](-c2c(C(C)C)cc(C(=O)O)cc2C(C)C)c1.[Cl-]. The van der Waals surface area contributed by atoms with E-state index in [1.165, 1.54) is 0 Å². The van der Waals surface area contributed by atoms with Gasteiger partial charge in [-0.2, -0.15) is 0 Å². The summed E-state index contributed by atoms with van der Waals surface area (Å²) in [6.45, 7) is 16.6. The fourth-order valence-electron chi connectivity index (χ4n) is 4.58. The summed E-state index contributed by atoms with van der Waals surface area (Å²) in [5.74, 6) is -1.33. The van der Waals surface area contributed by atoms with Crippen LogP contribution in [0.5, 0.6) is 0 Å². The van der Waals surface area contributed by atoms with Crippen LogP contribution in [0.2, 0.25) is 0 Å². The molecule has 2 aromatic carbocycles. The highest BCUT2D eigenvalue weighted by atomic mass is 35.5. The summed E-state index contributed by atoms with van der Waals surface area (Å²) in [5.41, 5.74) is 6.51. The van der Waals surface area contributed by atoms with Gasteiger partial charge in [-0.05, 0) is 47.9 Å². The highest BCUT2D eigenvalue weighted by Crippen LogP contribution is 2.34. The Morgan fingerprint density at radius 2 is 1.06 bits per heavy atom. The maximum Gasteiger partial charge on any atom is 0.335 e. The van der Waals surface area contributed by atoms with E-state index in [0.717, 1.165) is 33.6 Å². The second kappa shape index (κ2) is 11.3. The number of carbonyl (C=O) groups is 2. The van der Waals surface area contributed by atoms with Crippen molar-refractivity contribution >= 4 is 11.9 Å². The van der Waals surface area contributed by atoms with Crippen LogP contribution < -0.4 is 17.0 Å². The highest BCUT2D eigenvalue weighted by Gasteiger charge is 2.26. The van der Waals surface area contributed by atoms with Crippen molar-refractivity contribution in [3.8, 4) is 11.4 Å². The molecule has 0 saturated heterocycles. The molecule has 0 saturated carbocycles. The zero-order valence-electron chi connectivity index (χ0n) is 22.3. The van der Waals surface area contributed by atoms with Crippen LogP contribution in [0.4, 0.5) is 0 Å². The Hall–Kier alpha value is -3.12. The van der Waals surface area contributed by atoms with Gasteiger partial charge in [0.1, 0.15) is 23.8 Å². The molecule has 0 aliphatic rings. The lowest BCUT2D eigenvalue weighted by Gasteiger charge is -2.19. The number of nitrogens with zero attached hydrogens (tertiary/aromatic N) is 2. The third-order valence-corrected chi connectivity index (χ3v) is 6.47. The molecule has 1 heterocycles. The fourth-order valence-corrected chi connectivity index (χ4v) is 4.58. The van der Waals surface area contributed by atoms with Crippen LogP contribution in [0, 0.1) is 0 Å². The maximum atomic E-state index is 11.8. The molecular formula is C29H37ClN2O4. The zero-order valence-corrected chi connectivity index (χ0v) is 23.1. The molecule has 36 heavy (non-hydrogen) atoms. The lowest BCUT2D eigenvalue weighted by Crippen LogP contribution is -3.00. The van der Waals surface area contributed by atoms with Gasteiger partial charge in [-0.1, -0.05) is 55.4 Å². The van der Waals surface area contributed by atoms with E-state index in [4.69, 9.17) is 0 Å². The van der Waals surface area contributed by atoms with Crippen molar-refractivity contribution < 1.29 is 36.8 Å². The second-order valence-corrected chi connectivity index (χ2v) is 10.5. The minimum absolute atomic E-state index is 0. The standard InChI is InChI=1S/C29H36N2O4.ClH/c1-16(2)22-11-20(28(32)33)12-23(17(3)4)26(22)30-9-10-31(15-30)27-24(18(5)6)13-21(29(34)35)14-25(27)19(7)8;/h9-19H,1-8H3,(H-,32,33,34,35);1H. The number of carboxylic acid groups (broad SMARTS) is 2. The predicted octanol–water partition coefficient (Wildman–Crippen LogP) is 3.65. The Labute approximate surface area is 220 Å². The summed E-state index contributed by atoms with van der Waals surface area (Å²) in [4.78, 5) is 23.6. The van der Waals surface area contributed by atoms with E-state index in [1.807, 2.05) is 18.7 Å². The van der Waals surface area contributed by atoms with Gasteiger partial charge in [0.15, 0.2) is 0 Å². The first-order chi connectivity index (χ1) is 16.3. The lowest BCUT2D eigenvalue weighted by molar-refractivity contribution is -0.596. The molecule has 0 aliphatic carbocycles. The molecule has 1 aromatic heterocycles. The number of aromatic carboxylic acids is 2. The third-order valence-electron chi connectivity index (χ3n) is 6.47. The molecule has 3 aromatic rings. The number of carboxylic acids is 2. The van der Waals surface area contributed by atoms with Crippen molar-refractivity contribution in [2.75, 3.05) is 0 Å². The molecule has 194 valence electrons. The minimum atomic E-state index is -0.926. The summed E-state index contributed by atoms with van der Waals surface area (Å²) in [5, 5.41) is 19.4. The zero-order chi connectivity index (χ0) is 26.2. The Morgan fingerprint density at radius 1 is 0.694 bits per heavy atom. The maximum absolute atomic E-state index is 11.8. The van der Waals surface area contributed by atoms with Gasteiger partial charge in [-0.3, -0.25) is 0 Å². The molecular weight excluding hydrogens is 476 g/mol. The first-order valence-corrected chi connectivity index (χ1v) is 12.3. The van der Waals surface area contributed by atoms with Crippen LogP contribution in [-0.2, 0) is 0 Å². The van der Waals surface area contributed by atoms with Crippen molar-refractivity contribution in [3.63, 3.8) is 0 Å². The lowest BCUT2D eigenvalue weighted by atomic mass is 9.90. The molecule has 2 N–H and O–H groups in total. The number of benzene rings is 2. The molecule has 7 heteroatoms. The van der Waals surface area contributed by atoms with Crippen LogP contribution >= 0.6 is 0 Å². The Morgan fingerprint density at radius 3 is 1.39 bits per heavy atom. The highest BCUT2D eigenvalue weighted by molar-refractivity contribution is 5.89. The van der Waals surface area contributed by atoms with Gasteiger partial charge in [-0.15, -0.1) is 0 Å². The molecule has 0 aliphatic heterocycles. The van der Waals surface area contributed by atoms with Gasteiger partial charge in [0.25, 0.3) is 6.33 Å². The van der Waals surface area contributed by atoms with E-state index in [1.54, 1.807) is 24.3 Å². The number of rotatable bonds is 8. The Balaban J connectivity index is 0.00000456. The normalized spacial score (nSPS) is 11.4. The third kappa shape index (κ3) is 5.65. The van der Waals surface area contributed by atoms with E-state index in [0.29, 0.717) is 11.1 Å². The van der Waals surface area contributed by atoms with Crippen LogP contribution in [0.25, 0.3) is 11.4 Å². The van der Waals surface area contributed by atoms with Gasteiger partial charge in [-0.25, -0.2) is 18.7 Å². The molecule has 6 nitrogen and oxygen atoms in total. The van der Waals surface area contributed by atoms with Crippen molar-refractivity contribution in [2.45, 2.75) is 79.1 Å². The molecule has 0 bridgehead atoms. The van der Waals surface area contributed by atoms with Crippen LogP contribution in [-0.4, -0.2) is 26.7 Å². The van der Waals surface area contributed by atoms with E-state index in [-0.39, 0.29) is 36.1 Å². The fraction of sp³-hybridized carbons (Fsp3) is 0.414. The van der Waals surface area contributed by atoms with E-state index in [2.05, 4.69) is 64.5 Å². The van der Waals surface area contributed by atoms with Crippen LogP contribution in [0.15, 0.2) is 43.0 Å². The molecule has 0 spiro atoms. The summed E-state index contributed by atoms with van der Waals surface area (Å²) in [6.07, 6.45) is 6.00. The van der Waals surface area contributed by atoms with Gasteiger partial charge in [0.05, 0.1) is 11.1 Å². The number of aromatic nitrogens is 2. The number of hydrogen-bond donors (Lipinski definition) is 2. The Bertz CT molecular complexity index is 1120. The monoisotopic (exact) mass is 512 g/mol. The van der Waals surface area contributed by atoms with E-state index in [9.17, 15) is 19.8 Å². The van der Waals surface area contributed by atoms with Gasteiger partial charge in [0.2, 0.25) is 0 Å². The average Bonchev–Trinajstić information content (AvgIpc) is 3.26. The van der Waals surface area contributed by atoms with Crippen molar-refractivity contribution in [3.05, 3.63) is 76.4 Å². The number of halogens is 1. The summed E-state index contributed by atoms with van der Waals surface area (Å²) >= 11 is 0. The van der Waals surface area contributed by atoms with Crippen molar-refractivity contribution in [2.24, 2.45) is 0 Å². The van der Waals surface area contributed by atoms with Crippen LogP contribution in [0.1, 0.15) is 122 Å². The number of imidazole rings is 1. The van der Waals surface area contributed by atoms with Gasteiger partial charge >= 0.3 is 11.9 Å². The van der Waals surface area contributed by atoms with E-state index < -0.39 is 11.9 Å². The first kappa shape index (κ1) is 29.1. The summed E-state index contributed by atoms with van der Waals surface area (Å²) < 4.78 is 4.13.